The highest BCUT2D eigenvalue weighted by Crippen LogP contribution is 2.22. The number of aryl methyl sites for hydroxylation is 1. The molecule has 0 aliphatic rings. The van der Waals surface area contributed by atoms with Gasteiger partial charge in [0, 0.05) is 19.6 Å². The van der Waals surface area contributed by atoms with Gasteiger partial charge in [-0.15, -0.1) is 0 Å². The van der Waals surface area contributed by atoms with Crippen LogP contribution >= 0.6 is 0 Å². The lowest BCUT2D eigenvalue weighted by atomic mass is 10.1. The molecule has 1 rings (SSSR count). The van der Waals surface area contributed by atoms with E-state index < -0.39 is 0 Å². The molecule has 0 aromatic carbocycles. The maximum Gasteiger partial charge on any atom is 0.122 e. The third-order valence-corrected chi connectivity index (χ3v) is 3.10. The zero-order chi connectivity index (χ0) is 13.5. The van der Waals surface area contributed by atoms with E-state index in [0.29, 0.717) is 6.54 Å². The van der Waals surface area contributed by atoms with Crippen molar-refractivity contribution < 1.29 is 4.42 Å². The summed E-state index contributed by atoms with van der Waals surface area (Å²) in [5.74, 6) is 1.94. The van der Waals surface area contributed by atoms with Gasteiger partial charge in [0.15, 0.2) is 0 Å². The van der Waals surface area contributed by atoms with E-state index in [4.69, 9.17) is 10.2 Å². The van der Waals surface area contributed by atoms with Crippen LogP contribution in [0.3, 0.4) is 0 Å². The van der Waals surface area contributed by atoms with Crippen LogP contribution in [0.5, 0.6) is 0 Å². The molecule has 0 fully saturated rings. The van der Waals surface area contributed by atoms with Crippen molar-refractivity contribution >= 4 is 0 Å². The molecule has 1 atom stereocenters. The van der Waals surface area contributed by atoms with Gasteiger partial charge in [0.25, 0.3) is 0 Å². The number of nitrogens with two attached hydrogens (primary N) is 1. The summed E-state index contributed by atoms with van der Waals surface area (Å²) < 4.78 is 5.74. The summed E-state index contributed by atoms with van der Waals surface area (Å²) in [5.41, 5.74) is 5.94. The fourth-order valence-corrected chi connectivity index (χ4v) is 2.12. The molecule has 2 N–H and O–H groups in total. The Morgan fingerprint density at radius 2 is 1.94 bits per heavy atom. The fourth-order valence-electron chi connectivity index (χ4n) is 2.12. The summed E-state index contributed by atoms with van der Waals surface area (Å²) >= 11 is 0. The SMILES string of the molecule is CCCN(CCN(C)C)C(CN)c1ccc(C)o1. The molecule has 0 radical (unpaired) electrons. The van der Waals surface area contributed by atoms with Gasteiger partial charge in [0.05, 0.1) is 6.04 Å². The van der Waals surface area contributed by atoms with E-state index in [1.807, 2.05) is 19.1 Å². The number of furan rings is 1. The summed E-state index contributed by atoms with van der Waals surface area (Å²) in [4.78, 5) is 4.61. The van der Waals surface area contributed by atoms with E-state index in [0.717, 1.165) is 37.6 Å². The fraction of sp³-hybridized carbons (Fsp3) is 0.714. The smallest absolute Gasteiger partial charge is 0.122 e. The van der Waals surface area contributed by atoms with E-state index >= 15 is 0 Å². The summed E-state index contributed by atoms with van der Waals surface area (Å²) in [6.45, 7) is 7.87. The lowest BCUT2D eigenvalue weighted by Crippen LogP contribution is -2.38. The standard InChI is InChI=1S/C14H27N3O/c1-5-8-17(10-9-16(3)4)13(11-15)14-7-6-12(2)18-14/h6-7,13H,5,8-11,15H2,1-4H3. The molecule has 4 heteroatoms. The second kappa shape index (κ2) is 7.56. The first-order valence-electron chi connectivity index (χ1n) is 6.73. The van der Waals surface area contributed by atoms with E-state index in [1.165, 1.54) is 0 Å². The number of hydrogen-bond donors (Lipinski definition) is 1. The van der Waals surface area contributed by atoms with Gasteiger partial charge in [-0.1, -0.05) is 6.92 Å². The van der Waals surface area contributed by atoms with Crippen LogP contribution in [0.4, 0.5) is 0 Å². The normalized spacial score (nSPS) is 13.5. The van der Waals surface area contributed by atoms with Gasteiger partial charge in [0.2, 0.25) is 0 Å². The van der Waals surface area contributed by atoms with E-state index in [-0.39, 0.29) is 6.04 Å². The quantitative estimate of drug-likeness (QED) is 0.768. The van der Waals surface area contributed by atoms with E-state index in [2.05, 4.69) is 30.8 Å². The maximum absolute atomic E-state index is 5.94. The Balaban J connectivity index is 2.73. The number of hydrogen-bond acceptors (Lipinski definition) is 4. The lowest BCUT2D eigenvalue weighted by molar-refractivity contribution is 0.163. The Morgan fingerprint density at radius 1 is 1.22 bits per heavy atom. The van der Waals surface area contributed by atoms with Crippen molar-refractivity contribution in [1.29, 1.82) is 0 Å². The largest absolute Gasteiger partial charge is 0.465 e. The highest BCUT2D eigenvalue weighted by Gasteiger charge is 2.21. The summed E-state index contributed by atoms with van der Waals surface area (Å²) in [7, 11) is 4.19. The monoisotopic (exact) mass is 253 g/mol. The molecule has 1 aromatic heterocycles. The maximum atomic E-state index is 5.94. The first kappa shape index (κ1) is 15.2. The Bertz CT molecular complexity index is 336. The Hall–Kier alpha value is -0.840. The molecule has 1 unspecified atom stereocenters. The minimum absolute atomic E-state index is 0.193. The predicted molar refractivity (Wildman–Crippen MR) is 75.7 cm³/mol. The Kier molecular flexibility index (Phi) is 6.39. The Morgan fingerprint density at radius 3 is 2.39 bits per heavy atom. The summed E-state index contributed by atoms with van der Waals surface area (Å²) in [5, 5.41) is 0. The molecular weight excluding hydrogens is 226 g/mol. The van der Waals surface area contributed by atoms with Gasteiger partial charge in [-0.2, -0.15) is 0 Å². The van der Waals surface area contributed by atoms with Crippen molar-refractivity contribution in [3.05, 3.63) is 23.7 Å². The van der Waals surface area contributed by atoms with Crippen LogP contribution < -0.4 is 5.73 Å². The Labute approximate surface area is 111 Å². The zero-order valence-corrected chi connectivity index (χ0v) is 12.1. The molecule has 0 amide bonds. The molecule has 0 spiro atoms. The highest BCUT2D eigenvalue weighted by atomic mass is 16.3. The van der Waals surface area contributed by atoms with Crippen molar-refractivity contribution in [3.8, 4) is 0 Å². The van der Waals surface area contributed by atoms with Crippen LogP contribution in [-0.2, 0) is 0 Å². The van der Waals surface area contributed by atoms with Crippen LogP contribution in [0.2, 0.25) is 0 Å². The van der Waals surface area contributed by atoms with Crippen molar-refractivity contribution in [3.63, 3.8) is 0 Å². The van der Waals surface area contributed by atoms with Crippen molar-refractivity contribution in [2.24, 2.45) is 5.73 Å². The second-order valence-electron chi connectivity index (χ2n) is 5.04. The minimum atomic E-state index is 0.193. The van der Waals surface area contributed by atoms with Crippen LogP contribution in [0.1, 0.15) is 30.9 Å². The molecule has 0 bridgehead atoms. The van der Waals surface area contributed by atoms with Crippen molar-refractivity contribution in [2.75, 3.05) is 40.3 Å². The minimum Gasteiger partial charge on any atom is -0.465 e. The third kappa shape index (κ3) is 4.44. The van der Waals surface area contributed by atoms with Crippen LogP contribution in [0.25, 0.3) is 0 Å². The molecule has 104 valence electrons. The average molecular weight is 253 g/mol. The second-order valence-corrected chi connectivity index (χ2v) is 5.04. The predicted octanol–water partition coefficient (Wildman–Crippen LogP) is 1.86. The molecule has 0 saturated carbocycles. The summed E-state index contributed by atoms with van der Waals surface area (Å²) in [6, 6.07) is 4.25. The first-order chi connectivity index (χ1) is 8.58. The third-order valence-electron chi connectivity index (χ3n) is 3.10. The lowest BCUT2D eigenvalue weighted by Gasteiger charge is -2.30. The summed E-state index contributed by atoms with van der Waals surface area (Å²) in [6.07, 6.45) is 1.13. The van der Waals surface area contributed by atoms with E-state index in [1.54, 1.807) is 0 Å². The zero-order valence-electron chi connectivity index (χ0n) is 12.1. The van der Waals surface area contributed by atoms with Gasteiger partial charge in [0.1, 0.15) is 11.5 Å². The highest BCUT2D eigenvalue weighted by molar-refractivity contribution is 5.10. The number of nitrogens with zero attached hydrogens (tertiary/aromatic N) is 2. The number of likely N-dealkylation sites (N-methyl/N-ethyl adjacent to an activating group) is 1. The van der Waals surface area contributed by atoms with Crippen molar-refractivity contribution in [1.82, 2.24) is 9.80 Å². The van der Waals surface area contributed by atoms with Gasteiger partial charge in [-0.3, -0.25) is 4.90 Å². The molecule has 0 aliphatic carbocycles. The molecular formula is C14H27N3O. The van der Waals surface area contributed by atoms with Gasteiger partial charge < -0.3 is 15.1 Å². The van der Waals surface area contributed by atoms with Gasteiger partial charge in [-0.25, -0.2) is 0 Å². The van der Waals surface area contributed by atoms with Gasteiger partial charge >= 0.3 is 0 Å². The molecule has 0 aliphatic heterocycles. The van der Waals surface area contributed by atoms with Crippen LogP contribution in [-0.4, -0.2) is 50.1 Å². The van der Waals surface area contributed by atoms with Gasteiger partial charge in [-0.05, 0) is 46.1 Å². The molecule has 4 nitrogen and oxygen atoms in total. The van der Waals surface area contributed by atoms with Crippen molar-refractivity contribution in [2.45, 2.75) is 26.3 Å². The average Bonchev–Trinajstić information content (AvgIpc) is 2.73. The molecule has 0 saturated heterocycles. The molecule has 1 aromatic rings. The number of rotatable bonds is 8. The van der Waals surface area contributed by atoms with Crippen LogP contribution in [0, 0.1) is 6.92 Å². The van der Waals surface area contributed by atoms with Crippen LogP contribution in [0.15, 0.2) is 16.5 Å². The first-order valence-corrected chi connectivity index (χ1v) is 6.73. The molecule has 1 heterocycles. The topological polar surface area (TPSA) is 45.6 Å². The van der Waals surface area contributed by atoms with E-state index in [9.17, 15) is 0 Å². The molecule has 18 heavy (non-hydrogen) atoms.